The van der Waals surface area contributed by atoms with E-state index < -0.39 is 140 Å². The Bertz CT molecular complexity index is 4170. The predicted molar refractivity (Wildman–Crippen MR) is 343 cm³/mol. The standard InChI is InChI=1S/C41H46N2O10.C33H34N2O8/c1-22(2)35(45)49-21-40(6)29-18-31(52-37(47)25-12-10-24(19-42)11-13-25)41(7)34(39(29,5)15-14-30(40)51-36(46)23(3)4)33(44)32-28(53-41)17-27(50-38(32)48)26-9-8-16-43-20-26;1-31-11-10-24(37)32(2,17-36)23(31)14-25(42-29(39)19-8-6-18(15-34)7-9-19)33(3)28(31)27(38)26-22(43-33)13-21(41-30(26)40)20-5-4-12-35-16-20/h8-13,16-17,20,22-23,29-31,33-34,44H,14-15,18,21H2,1-7H3;4-9,12-13,16,23-25,27-28,36-38H,10-11,14,17H2,1-3H3/t29?,30-,31-,33-,34?,39-,40-,41+;23?,24-,25-,27-,28?,31-,32-,33+/m00/s1. The number of esters is 4. The molecule has 6 aliphatic rings. The first-order valence-corrected chi connectivity index (χ1v) is 32.5. The second kappa shape index (κ2) is 25.8. The van der Waals surface area contributed by atoms with Gasteiger partial charge < -0.3 is 57.7 Å². The molecule has 12 rings (SSSR count). The average Bonchev–Trinajstić information content (AvgIpc) is 0.692. The number of aliphatic hydroxyl groups excluding tert-OH is 4. The van der Waals surface area contributed by atoms with Gasteiger partial charge in [-0.3, -0.25) is 19.6 Å². The summed E-state index contributed by atoms with van der Waals surface area (Å²) in [5.41, 5.74) is -5.57. The zero-order chi connectivity index (χ0) is 69.2. The molecular formula is C74H80N4O18. The summed E-state index contributed by atoms with van der Waals surface area (Å²) in [6.07, 6.45) is 2.11. The average molecular weight is 1310 g/mol. The van der Waals surface area contributed by atoms with Crippen LogP contribution in [0.1, 0.15) is 163 Å². The number of hydrogen-bond donors (Lipinski definition) is 4. The highest BCUT2D eigenvalue weighted by atomic mass is 16.6. The van der Waals surface area contributed by atoms with Gasteiger partial charge >= 0.3 is 35.1 Å². The number of rotatable bonds is 12. The normalized spacial score (nSPS) is 32.1. The molecule has 0 saturated heterocycles. The van der Waals surface area contributed by atoms with Gasteiger partial charge in [-0.2, -0.15) is 10.5 Å². The molecule has 0 spiro atoms. The maximum Gasteiger partial charge on any atom is 0.345 e. The van der Waals surface area contributed by atoms with E-state index in [0.29, 0.717) is 47.9 Å². The number of carbonyl (C=O) groups excluding carboxylic acids is 4. The molecule has 4 saturated carbocycles. The topological polar surface area (TPSA) is 338 Å². The van der Waals surface area contributed by atoms with Crippen LogP contribution >= 0.6 is 0 Å². The van der Waals surface area contributed by atoms with Crippen LogP contribution in [-0.2, 0) is 28.5 Å². The Balaban J connectivity index is 0.000000199. The van der Waals surface area contributed by atoms with Gasteiger partial charge in [0.15, 0.2) is 0 Å². The summed E-state index contributed by atoms with van der Waals surface area (Å²) in [5, 5.41) is 64.6. The van der Waals surface area contributed by atoms with E-state index in [1.165, 1.54) is 48.5 Å². The predicted octanol–water partition coefficient (Wildman–Crippen LogP) is 9.97. The largest absolute Gasteiger partial charge is 0.482 e. The van der Waals surface area contributed by atoms with Crippen LogP contribution in [0.3, 0.4) is 0 Å². The van der Waals surface area contributed by atoms with Crippen molar-refractivity contribution >= 4 is 23.9 Å². The molecule has 4 aliphatic carbocycles. The Morgan fingerprint density at radius 3 is 1.42 bits per heavy atom. The molecule has 96 heavy (non-hydrogen) atoms. The number of ether oxygens (including phenoxy) is 6. The molecule has 2 aromatic carbocycles. The van der Waals surface area contributed by atoms with Gasteiger partial charge in [0.05, 0.1) is 71.1 Å². The molecule has 22 nitrogen and oxygen atoms in total. The molecule has 22 heteroatoms. The fourth-order valence-corrected chi connectivity index (χ4v) is 17.0. The highest BCUT2D eigenvalue weighted by molar-refractivity contribution is 5.90. The molecule has 4 unspecified atom stereocenters. The Morgan fingerprint density at radius 1 is 0.594 bits per heavy atom. The first-order chi connectivity index (χ1) is 45.5. The summed E-state index contributed by atoms with van der Waals surface area (Å²) >= 11 is 0. The molecular weight excluding hydrogens is 1230 g/mol. The molecule has 4 fully saturated rings. The van der Waals surface area contributed by atoms with E-state index in [1.807, 2.05) is 32.9 Å². The van der Waals surface area contributed by atoms with E-state index in [4.69, 9.17) is 42.5 Å². The van der Waals surface area contributed by atoms with E-state index in [2.05, 4.69) is 9.97 Å². The lowest BCUT2D eigenvalue weighted by molar-refractivity contribution is -0.267. The minimum Gasteiger partial charge on any atom is -0.482 e. The van der Waals surface area contributed by atoms with Gasteiger partial charge in [-0.15, -0.1) is 0 Å². The van der Waals surface area contributed by atoms with Crippen molar-refractivity contribution in [2.45, 2.75) is 156 Å². The summed E-state index contributed by atoms with van der Waals surface area (Å²) in [6, 6.07) is 26.1. The van der Waals surface area contributed by atoms with Crippen molar-refractivity contribution in [3.8, 4) is 46.3 Å². The van der Waals surface area contributed by atoms with Gasteiger partial charge in [0, 0.05) is 70.7 Å². The van der Waals surface area contributed by atoms with Gasteiger partial charge in [-0.1, -0.05) is 55.4 Å². The Morgan fingerprint density at radius 2 is 1.02 bits per heavy atom. The zero-order valence-electron chi connectivity index (χ0n) is 55.3. The quantitative estimate of drug-likeness (QED) is 0.0653. The van der Waals surface area contributed by atoms with Crippen molar-refractivity contribution in [1.29, 1.82) is 10.5 Å². The van der Waals surface area contributed by atoms with Crippen LogP contribution in [0.2, 0.25) is 0 Å². The highest BCUT2D eigenvalue weighted by Crippen LogP contribution is 2.69. The van der Waals surface area contributed by atoms with Crippen LogP contribution in [0.15, 0.2) is 128 Å². The minimum absolute atomic E-state index is 0.0222. The van der Waals surface area contributed by atoms with Gasteiger partial charge in [0.25, 0.3) is 0 Å². The minimum atomic E-state index is -1.43. The molecule has 0 amide bonds. The summed E-state index contributed by atoms with van der Waals surface area (Å²) in [5.74, 6) is -4.87. The third kappa shape index (κ3) is 11.7. The monoisotopic (exact) mass is 1310 g/mol. The molecule has 6 aromatic rings. The van der Waals surface area contributed by atoms with Gasteiger partial charge in [-0.25, -0.2) is 19.2 Å². The van der Waals surface area contributed by atoms with Crippen LogP contribution in [0.5, 0.6) is 11.5 Å². The smallest absolute Gasteiger partial charge is 0.345 e. The number of fused-ring (bicyclic) bond motifs is 8. The fourth-order valence-electron chi connectivity index (χ4n) is 17.0. The van der Waals surface area contributed by atoms with Crippen LogP contribution in [0.4, 0.5) is 0 Å². The lowest BCUT2D eigenvalue weighted by Gasteiger charge is -2.66. The molecule has 6 heterocycles. The first kappa shape index (κ1) is 68.3. The molecule has 0 bridgehead atoms. The van der Waals surface area contributed by atoms with Crippen LogP contribution < -0.4 is 20.7 Å². The number of nitriles is 2. The van der Waals surface area contributed by atoms with E-state index >= 15 is 0 Å². The van der Waals surface area contributed by atoms with Gasteiger partial charge in [0.2, 0.25) is 0 Å². The molecule has 504 valence electrons. The van der Waals surface area contributed by atoms with Crippen molar-refractivity contribution in [3.63, 3.8) is 0 Å². The third-order valence-corrected chi connectivity index (χ3v) is 22.2. The fraction of sp³-hybridized carbons (Fsp3) is 0.486. The lowest BCUT2D eigenvalue weighted by Crippen LogP contribution is -2.71. The maximum absolute atomic E-state index is 13.9. The summed E-state index contributed by atoms with van der Waals surface area (Å²) in [6.45, 7) is 17.8. The number of carbonyl (C=O) groups is 4. The molecule has 4 N–H and O–H groups in total. The van der Waals surface area contributed by atoms with E-state index in [0.717, 1.165) is 0 Å². The Kier molecular flexibility index (Phi) is 18.4. The van der Waals surface area contributed by atoms with Gasteiger partial charge in [-0.05, 0) is 148 Å². The Labute approximate surface area is 555 Å². The maximum atomic E-state index is 13.9. The lowest BCUT2D eigenvalue weighted by atomic mass is 9.42. The molecule has 4 aromatic heterocycles. The van der Waals surface area contributed by atoms with E-state index in [1.54, 1.807) is 110 Å². The Hall–Kier alpha value is -9.06. The number of aromatic nitrogens is 2. The van der Waals surface area contributed by atoms with Crippen molar-refractivity contribution in [1.82, 2.24) is 9.97 Å². The number of aliphatic hydroxyl groups is 4. The van der Waals surface area contributed by atoms with Gasteiger partial charge in [0.1, 0.15) is 70.3 Å². The summed E-state index contributed by atoms with van der Waals surface area (Å²) in [7, 11) is 0. The molecule has 0 radical (unpaired) electrons. The van der Waals surface area contributed by atoms with Crippen molar-refractivity contribution < 1.29 is 76.9 Å². The van der Waals surface area contributed by atoms with E-state index in [-0.39, 0.29) is 71.3 Å². The van der Waals surface area contributed by atoms with Crippen molar-refractivity contribution in [3.05, 3.63) is 164 Å². The van der Waals surface area contributed by atoms with Crippen LogP contribution in [0.25, 0.3) is 22.6 Å². The highest BCUT2D eigenvalue weighted by Gasteiger charge is 2.72. The molecule has 16 atom stereocenters. The molecule has 2 aliphatic heterocycles. The second-order valence-corrected chi connectivity index (χ2v) is 28.6. The zero-order valence-corrected chi connectivity index (χ0v) is 55.3. The first-order valence-electron chi connectivity index (χ1n) is 32.5. The van der Waals surface area contributed by atoms with Crippen LogP contribution in [0, 0.1) is 79.8 Å². The third-order valence-electron chi connectivity index (χ3n) is 22.2. The number of nitrogens with zero attached hydrogens (tertiary/aromatic N) is 4. The number of pyridine rings is 2. The number of hydrogen-bond acceptors (Lipinski definition) is 22. The van der Waals surface area contributed by atoms with Crippen molar-refractivity contribution in [2.75, 3.05) is 13.2 Å². The number of benzene rings is 2. The van der Waals surface area contributed by atoms with E-state index in [9.17, 15) is 54.5 Å². The summed E-state index contributed by atoms with van der Waals surface area (Å²) in [4.78, 5) is 88.8. The van der Waals surface area contributed by atoms with Crippen molar-refractivity contribution in [2.24, 2.45) is 57.2 Å². The SMILES string of the molecule is CC(C)C(=O)OC[C@@]1(C)C2C[C@H](OC(=O)c3ccc(C#N)cc3)[C@@]3(C)Oc4cc(-c5cccnc5)oc(=O)c4[C@H](O)C3[C@@]2(C)CC[C@@H]1OC(=O)C(C)C.C[C@]12CC[C@H](O)[C@@](C)(CO)C1C[C@H](OC(=O)c1ccc(C#N)cc1)[C@@]1(C)Oc3cc(-c4cccnc4)oc(=O)c3[C@H](O)C21. The second-order valence-electron chi connectivity index (χ2n) is 28.6. The van der Waals surface area contributed by atoms with Crippen LogP contribution in [-0.4, -0.2) is 103 Å². The summed E-state index contributed by atoms with van der Waals surface area (Å²) < 4.78 is 49.5.